The molecule has 0 aromatic carbocycles. The van der Waals surface area contributed by atoms with Gasteiger partial charge in [-0.2, -0.15) is 0 Å². The molecule has 0 unspecified atom stereocenters. The Morgan fingerprint density at radius 2 is 2.15 bits per heavy atom. The van der Waals surface area contributed by atoms with Crippen molar-refractivity contribution in [2.45, 2.75) is 39.5 Å². The standard InChI is InChI=1S/C15H20BrN3O/c1-3-5-6-9-17-15(20)14-12(4-2)18-13-8-7-11(16)10-19(13)14/h7-8,10H,3-6,9H2,1-2H3,(H,17,20). The van der Waals surface area contributed by atoms with Crippen LogP contribution in [-0.4, -0.2) is 21.8 Å². The first kappa shape index (κ1) is 15.0. The molecule has 5 heteroatoms. The van der Waals surface area contributed by atoms with Gasteiger partial charge in [0.15, 0.2) is 0 Å². The number of nitrogens with one attached hydrogen (secondary N) is 1. The summed E-state index contributed by atoms with van der Waals surface area (Å²) in [4.78, 5) is 16.9. The first-order valence-electron chi connectivity index (χ1n) is 7.12. The van der Waals surface area contributed by atoms with E-state index in [-0.39, 0.29) is 5.91 Å². The van der Waals surface area contributed by atoms with E-state index in [1.807, 2.05) is 29.7 Å². The van der Waals surface area contributed by atoms with Crippen LogP contribution in [0.5, 0.6) is 0 Å². The Kier molecular flexibility index (Phi) is 5.17. The minimum atomic E-state index is -0.0384. The van der Waals surface area contributed by atoms with E-state index in [9.17, 15) is 4.79 Å². The highest BCUT2D eigenvalue weighted by Gasteiger charge is 2.17. The van der Waals surface area contributed by atoms with Crippen LogP contribution in [0, 0.1) is 0 Å². The molecule has 1 amide bonds. The van der Waals surface area contributed by atoms with Crippen LogP contribution in [0.2, 0.25) is 0 Å². The van der Waals surface area contributed by atoms with Gasteiger partial charge in [0.1, 0.15) is 11.3 Å². The van der Waals surface area contributed by atoms with Crippen LogP contribution in [0.4, 0.5) is 0 Å². The molecule has 0 saturated heterocycles. The summed E-state index contributed by atoms with van der Waals surface area (Å²) >= 11 is 3.44. The van der Waals surface area contributed by atoms with Crippen molar-refractivity contribution in [2.75, 3.05) is 6.54 Å². The number of nitrogens with zero attached hydrogens (tertiary/aromatic N) is 2. The number of rotatable bonds is 6. The SMILES string of the molecule is CCCCCNC(=O)c1c(CC)nc2ccc(Br)cn12. The lowest BCUT2D eigenvalue weighted by Crippen LogP contribution is -2.26. The predicted molar refractivity (Wildman–Crippen MR) is 84.1 cm³/mol. The van der Waals surface area contributed by atoms with Crippen molar-refractivity contribution in [3.05, 3.63) is 34.2 Å². The zero-order chi connectivity index (χ0) is 14.5. The fraction of sp³-hybridized carbons (Fsp3) is 0.467. The second-order valence-electron chi connectivity index (χ2n) is 4.80. The van der Waals surface area contributed by atoms with E-state index in [0.29, 0.717) is 5.69 Å². The number of pyridine rings is 1. The van der Waals surface area contributed by atoms with E-state index in [2.05, 4.69) is 33.2 Å². The summed E-state index contributed by atoms with van der Waals surface area (Å²) in [6.07, 6.45) is 5.95. The number of hydrogen-bond acceptors (Lipinski definition) is 2. The summed E-state index contributed by atoms with van der Waals surface area (Å²) in [5.41, 5.74) is 2.31. The van der Waals surface area contributed by atoms with Crippen molar-refractivity contribution in [1.29, 1.82) is 0 Å². The molecule has 0 bridgehead atoms. The highest BCUT2D eigenvalue weighted by atomic mass is 79.9. The van der Waals surface area contributed by atoms with Crippen LogP contribution in [0.15, 0.2) is 22.8 Å². The number of imidazole rings is 1. The number of carbonyl (C=O) groups excluding carboxylic acids is 1. The molecule has 0 saturated carbocycles. The molecule has 2 aromatic heterocycles. The van der Waals surface area contributed by atoms with Gasteiger partial charge in [0.05, 0.1) is 5.69 Å². The Balaban J connectivity index is 2.26. The van der Waals surface area contributed by atoms with Gasteiger partial charge in [-0.15, -0.1) is 0 Å². The summed E-state index contributed by atoms with van der Waals surface area (Å²) in [5.74, 6) is -0.0384. The molecule has 0 atom stereocenters. The second-order valence-corrected chi connectivity index (χ2v) is 5.71. The fourth-order valence-electron chi connectivity index (χ4n) is 2.22. The molecule has 2 aromatic rings. The van der Waals surface area contributed by atoms with Crippen molar-refractivity contribution >= 4 is 27.5 Å². The lowest BCUT2D eigenvalue weighted by molar-refractivity contribution is 0.0946. The number of halogens is 1. The van der Waals surface area contributed by atoms with Crippen LogP contribution >= 0.6 is 15.9 Å². The van der Waals surface area contributed by atoms with Gasteiger partial charge in [-0.05, 0) is 40.9 Å². The van der Waals surface area contributed by atoms with E-state index in [4.69, 9.17) is 0 Å². The molecular weight excluding hydrogens is 318 g/mol. The smallest absolute Gasteiger partial charge is 0.270 e. The number of aromatic nitrogens is 2. The number of amides is 1. The average Bonchev–Trinajstić information content (AvgIpc) is 2.81. The Hall–Kier alpha value is -1.36. The third-order valence-electron chi connectivity index (χ3n) is 3.27. The minimum Gasteiger partial charge on any atom is -0.351 e. The predicted octanol–water partition coefficient (Wildman–Crippen LogP) is 3.58. The molecule has 108 valence electrons. The topological polar surface area (TPSA) is 46.4 Å². The molecule has 20 heavy (non-hydrogen) atoms. The van der Waals surface area contributed by atoms with Gasteiger partial charge in [-0.3, -0.25) is 9.20 Å². The van der Waals surface area contributed by atoms with E-state index >= 15 is 0 Å². The summed E-state index contributed by atoms with van der Waals surface area (Å²) in [7, 11) is 0. The van der Waals surface area contributed by atoms with Crippen LogP contribution in [0.3, 0.4) is 0 Å². The van der Waals surface area contributed by atoms with Gasteiger partial charge in [0.25, 0.3) is 5.91 Å². The van der Waals surface area contributed by atoms with Gasteiger partial charge in [0, 0.05) is 17.2 Å². The molecule has 0 aliphatic carbocycles. The fourth-order valence-corrected chi connectivity index (χ4v) is 2.55. The molecular formula is C15H20BrN3O. The third-order valence-corrected chi connectivity index (χ3v) is 3.74. The highest BCUT2D eigenvalue weighted by Crippen LogP contribution is 2.17. The molecule has 4 nitrogen and oxygen atoms in total. The Bertz CT molecular complexity index is 606. The van der Waals surface area contributed by atoms with Gasteiger partial charge >= 0.3 is 0 Å². The molecule has 1 N–H and O–H groups in total. The summed E-state index contributed by atoms with van der Waals surface area (Å²) in [6, 6.07) is 3.85. The molecule has 0 aliphatic heterocycles. The molecule has 0 fully saturated rings. The summed E-state index contributed by atoms with van der Waals surface area (Å²) in [6.45, 7) is 4.89. The maximum atomic E-state index is 12.4. The normalized spacial score (nSPS) is 10.9. The van der Waals surface area contributed by atoms with E-state index < -0.39 is 0 Å². The number of carbonyl (C=O) groups is 1. The first-order valence-corrected chi connectivity index (χ1v) is 7.91. The van der Waals surface area contributed by atoms with Crippen molar-refractivity contribution < 1.29 is 4.79 Å². The third kappa shape index (κ3) is 3.20. The van der Waals surface area contributed by atoms with Crippen molar-refractivity contribution in [2.24, 2.45) is 0 Å². The minimum absolute atomic E-state index is 0.0384. The van der Waals surface area contributed by atoms with E-state index in [1.165, 1.54) is 0 Å². The molecule has 0 spiro atoms. The number of unbranched alkanes of at least 4 members (excludes halogenated alkanes) is 2. The van der Waals surface area contributed by atoms with Crippen molar-refractivity contribution in [1.82, 2.24) is 14.7 Å². The lowest BCUT2D eigenvalue weighted by Gasteiger charge is -2.06. The first-order chi connectivity index (χ1) is 9.67. The highest BCUT2D eigenvalue weighted by molar-refractivity contribution is 9.10. The Morgan fingerprint density at radius 3 is 2.85 bits per heavy atom. The molecule has 2 heterocycles. The van der Waals surface area contributed by atoms with Gasteiger partial charge in [0.2, 0.25) is 0 Å². The Labute approximate surface area is 127 Å². The number of aryl methyl sites for hydroxylation is 1. The van der Waals surface area contributed by atoms with Crippen LogP contribution in [0.1, 0.15) is 49.3 Å². The monoisotopic (exact) mass is 337 g/mol. The van der Waals surface area contributed by atoms with Crippen LogP contribution < -0.4 is 5.32 Å². The van der Waals surface area contributed by atoms with E-state index in [1.54, 1.807) is 0 Å². The van der Waals surface area contributed by atoms with Crippen molar-refractivity contribution in [3.63, 3.8) is 0 Å². The molecule has 2 rings (SSSR count). The van der Waals surface area contributed by atoms with Crippen LogP contribution in [0.25, 0.3) is 5.65 Å². The van der Waals surface area contributed by atoms with Gasteiger partial charge in [-0.1, -0.05) is 26.7 Å². The largest absolute Gasteiger partial charge is 0.351 e. The zero-order valence-electron chi connectivity index (χ0n) is 11.9. The van der Waals surface area contributed by atoms with Gasteiger partial charge in [-0.25, -0.2) is 4.98 Å². The van der Waals surface area contributed by atoms with Crippen LogP contribution in [-0.2, 0) is 6.42 Å². The van der Waals surface area contributed by atoms with Gasteiger partial charge < -0.3 is 5.32 Å². The average molecular weight is 338 g/mol. The number of fused-ring (bicyclic) bond motifs is 1. The molecule has 0 aliphatic rings. The van der Waals surface area contributed by atoms with Crippen molar-refractivity contribution in [3.8, 4) is 0 Å². The zero-order valence-corrected chi connectivity index (χ0v) is 13.5. The second kappa shape index (κ2) is 6.88. The number of hydrogen-bond donors (Lipinski definition) is 1. The lowest BCUT2D eigenvalue weighted by atomic mass is 10.2. The van der Waals surface area contributed by atoms with E-state index in [0.717, 1.165) is 48.0 Å². The summed E-state index contributed by atoms with van der Waals surface area (Å²) < 4.78 is 2.79. The maximum absolute atomic E-state index is 12.4. The molecule has 0 radical (unpaired) electrons. The summed E-state index contributed by atoms with van der Waals surface area (Å²) in [5, 5.41) is 2.99. The Morgan fingerprint density at radius 1 is 1.35 bits per heavy atom. The maximum Gasteiger partial charge on any atom is 0.270 e. The quantitative estimate of drug-likeness (QED) is 0.819.